The van der Waals surface area contributed by atoms with E-state index in [1.54, 1.807) is 42.5 Å². The van der Waals surface area contributed by atoms with Gasteiger partial charge in [0.05, 0.1) is 12.8 Å². The highest BCUT2D eigenvalue weighted by Gasteiger charge is 2.36. The lowest BCUT2D eigenvalue weighted by Crippen LogP contribution is -2.25. The van der Waals surface area contributed by atoms with Crippen LogP contribution in [0.15, 0.2) is 54.6 Å². The largest absolute Gasteiger partial charge is 0.496 e. The van der Waals surface area contributed by atoms with Crippen molar-refractivity contribution in [1.29, 1.82) is 0 Å². The summed E-state index contributed by atoms with van der Waals surface area (Å²) in [4.78, 5) is 15.1. The molecule has 1 aromatic heterocycles. The molecule has 0 radical (unpaired) electrons. The number of hydrogen-bond acceptors (Lipinski definition) is 5. The number of nitrogens with zero attached hydrogens (tertiary/aromatic N) is 3. The van der Waals surface area contributed by atoms with Crippen LogP contribution in [0.4, 0.5) is 13.2 Å². The maximum Gasteiger partial charge on any atom is 0.435 e. The number of carbonyl (C=O) groups is 1. The Bertz CT molecular complexity index is 1130. The third-order valence-electron chi connectivity index (χ3n) is 5.44. The highest BCUT2D eigenvalue weighted by atomic mass is 19.4. The first kappa shape index (κ1) is 26.2. The maximum atomic E-state index is 13.5. The van der Waals surface area contributed by atoms with Crippen LogP contribution in [-0.2, 0) is 19.3 Å². The fourth-order valence-electron chi connectivity index (χ4n) is 3.70. The van der Waals surface area contributed by atoms with E-state index in [2.05, 4.69) is 20.6 Å². The molecule has 10 heteroatoms. The van der Waals surface area contributed by atoms with Crippen molar-refractivity contribution in [2.75, 3.05) is 34.3 Å². The molecule has 2 aromatic carbocycles. The van der Waals surface area contributed by atoms with Gasteiger partial charge >= 0.3 is 6.18 Å². The Labute approximate surface area is 202 Å². The van der Waals surface area contributed by atoms with Crippen molar-refractivity contribution in [1.82, 2.24) is 25.3 Å². The van der Waals surface area contributed by atoms with Crippen LogP contribution in [0.3, 0.4) is 0 Å². The summed E-state index contributed by atoms with van der Waals surface area (Å²) in [6.45, 7) is 2.46. The first-order valence-corrected chi connectivity index (χ1v) is 11.2. The monoisotopic (exact) mass is 489 g/mol. The van der Waals surface area contributed by atoms with Gasteiger partial charge < -0.3 is 20.3 Å². The zero-order valence-electron chi connectivity index (χ0n) is 20.0. The number of carbonyl (C=O) groups excluding carboxylic acids is 1. The summed E-state index contributed by atoms with van der Waals surface area (Å²) >= 11 is 0. The fraction of sp³-hybridized carbons (Fsp3) is 0.360. The number of hydrogen-bond donors (Lipinski definition) is 2. The smallest absolute Gasteiger partial charge is 0.435 e. The van der Waals surface area contributed by atoms with Crippen molar-refractivity contribution in [3.8, 4) is 11.4 Å². The van der Waals surface area contributed by atoms with Crippen LogP contribution in [0.25, 0.3) is 5.69 Å². The number of halogens is 3. The Morgan fingerprint density at radius 2 is 1.91 bits per heavy atom. The van der Waals surface area contributed by atoms with Gasteiger partial charge in [-0.25, -0.2) is 4.68 Å². The average Bonchev–Trinajstić information content (AvgIpc) is 3.29. The molecule has 0 fully saturated rings. The van der Waals surface area contributed by atoms with Gasteiger partial charge in [-0.1, -0.05) is 30.3 Å². The molecule has 35 heavy (non-hydrogen) atoms. The Morgan fingerprint density at radius 3 is 2.63 bits per heavy atom. The second-order valence-corrected chi connectivity index (χ2v) is 8.18. The number of ether oxygens (including phenoxy) is 1. The Morgan fingerprint density at radius 1 is 1.14 bits per heavy atom. The number of methoxy groups -OCH3 is 1. The molecule has 0 unspecified atom stereocenters. The molecule has 3 aromatic rings. The molecule has 1 heterocycles. The normalized spacial score (nSPS) is 11.6. The number of benzene rings is 2. The summed E-state index contributed by atoms with van der Waals surface area (Å²) in [5, 5.41) is 9.51. The van der Waals surface area contributed by atoms with E-state index in [1.807, 2.05) is 20.2 Å². The van der Waals surface area contributed by atoms with Crippen molar-refractivity contribution >= 4 is 5.91 Å². The number of nitrogens with one attached hydrogen (secondary N) is 2. The van der Waals surface area contributed by atoms with Gasteiger partial charge in [0.1, 0.15) is 11.4 Å². The van der Waals surface area contributed by atoms with Gasteiger partial charge in [0.15, 0.2) is 5.69 Å². The van der Waals surface area contributed by atoms with Crippen LogP contribution in [0.1, 0.15) is 33.7 Å². The number of aromatic nitrogens is 2. The van der Waals surface area contributed by atoms with E-state index in [0.29, 0.717) is 23.5 Å². The van der Waals surface area contributed by atoms with Crippen LogP contribution in [0.2, 0.25) is 0 Å². The lowest BCUT2D eigenvalue weighted by molar-refractivity contribution is -0.141. The van der Waals surface area contributed by atoms with Crippen LogP contribution in [-0.4, -0.2) is 54.9 Å². The maximum absolute atomic E-state index is 13.5. The summed E-state index contributed by atoms with van der Waals surface area (Å²) in [7, 11) is 5.39. The van der Waals surface area contributed by atoms with E-state index >= 15 is 0 Å². The fourth-order valence-corrected chi connectivity index (χ4v) is 3.70. The summed E-state index contributed by atoms with van der Waals surface area (Å²) in [6.07, 6.45) is -3.72. The molecular formula is C25H30F3N5O2. The van der Waals surface area contributed by atoms with Crippen molar-refractivity contribution < 1.29 is 22.7 Å². The predicted octanol–water partition coefficient (Wildman–Crippen LogP) is 3.87. The predicted molar refractivity (Wildman–Crippen MR) is 128 cm³/mol. The Balaban J connectivity index is 1.85. The van der Waals surface area contributed by atoms with Crippen molar-refractivity contribution in [2.45, 2.75) is 25.7 Å². The van der Waals surface area contributed by atoms with Crippen LogP contribution < -0.4 is 15.4 Å². The lowest BCUT2D eigenvalue weighted by Gasteiger charge is -2.17. The van der Waals surface area contributed by atoms with Crippen LogP contribution in [0, 0.1) is 0 Å². The molecular weight excluding hydrogens is 459 g/mol. The Kier molecular flexibility index (Phi) is 8.89. The van der Waals surface area contributed by atoms with E-state index in [0.717, 1.165) is 35.8 Å². The summed E-state index contributed by atoms with van der Waals surface area (Å²) < 4.78 is 46.7. The minimum Gasteiger partial charge on any atom is -0.496 e. The van der Waals surface area contributed by atoms with Crippen LogP contribution >= 0.6 is 0 Å². The topological polar surface area (TPSA) is 71.4 Å². The zero-order chi connectivity index (χ0) is 25.4. The van der Waals surface area contributed by atoms with E-state index < -0.39 is 17.8 Å². The molecule has 1 amide bonds. The molecule has 7 nitrogen and oxygen atoms in total. The third kappa shape index (κ3) is 7.06. The SMILES string of the molecule is CNCCCN(C)Cc1cccc(-n2nc(C(F)(F)F)cc2C(=O)NCc2ccccc2OC)c1. The minimum absolute atomic E-state index is 0.0901. The molecule has 188 valence electrons. The zero-order valence-corrected chi connectivity index (χ0v) is 20.0. The van der Waals surface area contributed by atoms with Crippen molar-refractivity contribution in [3.63, 3.8) is 0 Å². The van der Waals surface area contributed by atoms with Gasteiger partial charge in [-0.15, -0.1) is 0 Å². The van der Waals surface area contributed by atoms with Crippen LogP contribution in [0.5, 0.6) is 5.75 Å². The van der Waals surface area contributed by atoms with E-state index in [4.69, 9.17) is 4.74 Å². The highest BCUT2D eigenvalue weighted by Crippen LogP contribution is 2.30. The standard InChI is InChI=1S/C25H30F3N5O2/c1-29-12-7-13-32(2)17-18-8-6-10-20(14-18)33-21(15-23(31-33)25(26,27)28)24(34)30-16-19-9-4-5-11-22(19)35-3/h4-6,8-11,14-15,29H,7,12-13,16-17H2,1-3H3,(H,30,34). The van der Waals surface area contributed by atoms with E-state index in [1.165, 1.54) is 7.11 Å². The summed E-state index contributed by atoms with van der Waals surface area (Å²) in [5.41, 5.74) is 0.651. The molecule has 0 atom stereocenters. The van der Waals surface area contributed by atoms with E-state index in [-0.39, 0.29) is 12.2 Å². The minimum atomic E-state index is -4.69. The van der Waals surface area contributed by atoms with Gasteiger partial charge in [0, 0.05) is 24.7 Å². The third-order valence-corrected chi connectivity index (χ3v) is 5.44. The van der Waals surface area contributed by atoms with Gasteiger partial charge in [-0.05, 0) is 57.4 Å². The summed E-state index contributed by atoms with van der Waals surface area (Å²) in [6, 6.07) is 14.9. The van der Waals surface area contributed by atoms with E-state index in [9.17, 15) is 18.0 Å². The number of rotatable bonds is 11. The lowest BCUT2D eigenvalue weighted by atomic mass is 10.2. The first-order chi connectivity index (χ1) is 16.7. The molecule has 0 aliphatic heterocycles. The second-order valence-electron chi connectivity index (χ2n) is 8.18. The molecule has 0 saturated heterocycles. The van der Waals surface area contributed by atoms with Crippen molar-refractivity contribution in [2.24, 2.45) is 0 Å². The highest BCUT2D eigenvalue weighted by molar-refractivity contribution is 5.93. The second kappa shape index (κ2) is 11.9. The molecule has 0 bridgehead atoms. The number of alkyl halides is 3. The van der Waals surface area contributed by atoms with Gasteiger partial charge in [0.25, 0.3) is 5.91 Å². The average molecular weight is 490 g/mol. The first-order valence-electron chi connectivity index (χ1n) is 11.2. The molecule has 0 saturated carbocycles. The quantitative estimate of drug-likeness (QED) is 0.400. The number of para-hydroxylation sites is 1. The summed E-state index contributed by atoms with van der Waals surface area (Å²) in [5.74, 6) is -0.0997. The molecule has 0 aliphatic carbocycles. The van der Waals surface area contributed by atoms with Gasteiger partial charge in [-0.3, -0.25) is 4.79 Å². The van der Waals surface area contributed by atoms with Crippen molar-refractivity contribution in [3.05, 3.63) is 77.1 Å². The molecule has 0 aliphatic rings. The molecule has 2 N–H and O–H groups in total. The number of amides is 1. The Hall–Kier alpha value is -3.37. The molecule has 3 rings (SSSR count). The van der Waals surface area contributed by atoms with Gasteiger partial charge in [0.2, 0.25) is 0 Å². The molecule has 0 spiro atoms. The van der Waals surface area contributed by atoms with Gasteiger partial charge in [-0.2, -0.15) is 18.3 Å².